The maximum Gasteiger partial charge on any atom is 0.240 e. The van der Waals surface area contributed by atoms with Gasteiger partial charge in [-0.2, -0.15) is 0 Å². The molecule has 30 heavy (non-hydrogen) atoms. The van der Waals surface area contributed by atoms with Crippen LogP contribution in [0.15, 0.2) is 57.9 Å². The first-order valence-electron chi connectivity index (χ1n) is 10.1. The largest absolute Gasteiger partial charge is 0.354 e. The molecule has 1 aliphatic rings. The number of nitrogens with one attached hydrogen (secondary N) is 1. The number of aromatic nitrogens is 1. The number of fused-ring (bicyclic) bond motifs is 1. The third-order valence-corrected chi connectivity index (χ3v) is 6.82. The van der Waals surface area contributed by atoms with Gasteiger partial charge in [0.25, 0.3) is 0 Å². The number of unbranched alkanes of at least 4 members (excludes halogenated alkanes) is 1. The molecule has 4 rings (SSSR count). The van der Waals surface area contributed by atoms with E-state index in [1.807, 2.05) is 24.3 Å². The molecule has 0 atom stereocenters. The number of hydrogen-bond acceptors (Lipinski definition) is 6. The van der Waals surface area contributed by atoms with Crippen LogP contribution in [0.3, 0.4) is 0 Å². The van der Waals surface area contributed by atoms with E-state index in [0.717, 1.165) is 74.5 Å². The molecule has 0 spiro atoms. The van der Waals surface area contributed by atoms with Crippen LogP contribution < -0.4 is 9.62 Å². The molecule has 1 aromatic heterocycles. The van der Waals surface area contributed by atoms with Crippen molar-refractivity contribution < 1.29 is 17.3 Å². The van der Waals surface area contributed by atoms with Gasteiger partial charge in [-0.15, -0.1) is 0 Å². The molecule has 3 aromatic rings. The van der Waals surface area contributed by atoms with Gasteiger partial charge in [0.05, 0.1) is 10.3 Å². The summed E-state index contributed by atoms with van der Waals surface area (Å²) in [6.07, 6.45) is 1.65. The topological polar surface area (TPSA) is 78.7 Å². The second-order valence-electron chi connectivity index (χ2n) is 7.39. The first kappa shape index (κ1) is 20.8. The second-order valence-corrected chi connectivity index (χ2v) is 9.16. The highest BCUT2D eigenvalue weighted by Gasteiger charge is 2.21. The molecule has 160 valence electrons. The minimum atomic E-state index is -3.59. The van der Waals surface area contributed by atoms with Gasteiger partial charge in [-0.05, 0) is 55.8 Å². The lowest BCUT2D eigenvalue weighted by Gasteiger charge is -2.34. The number of hydrogen-bond donors (Lipinski definition) is 1. The molecule has 1 aliphatic heterocycles. The maximum absolute atomic E-state index is 12.9. The van der Waals surface area contributed by atoms with E-state index in [9.17, 15) is 12.8 Å². The molecule has 0 radical (unpaired) electrons. The van der Waals surface area contributed by atoms with Gasteiger partial charge >= 0.3 is 0 Å². The Balaban J connectivity index is 1.18. The van der Waals surface area contributed by atoms with Crippen LogP contribution in [0.25, 0.3) is 11.0 Å². The van der Waals surface area contributed by atoms with E-state index in [2.05, 4.69) is 19.7 Å². The van der Waals surface area contributed by atoms with Gasteiger partial charge < -0.3 is 9.42 Å². The SMILES string of the molecule is O=S(=O)(NCCCCN1CCN(c2noc3ccccc23)CC1)c1ccc(F)cc1. The van der Waals surface area contributed by atoms with Gasteiger partial charge in [0.2, 0.25) is 10.0 Å². The molecule has 0 aliphatic carbocycles. The molecular formula is C21H25FN4O3S. The minimum Gasteiger partial charge on any atom is -0.354 e. The van der Waals surface area contributed by atoms with Crippen LogP contribution in [0.4, 0.5) is 10.2 Å². The van der Waals surface area contributed by atoms with Crippen molar-refractivity contribution in [2.24, 2.45) is 0 Å². The number of halogens is 1. The normalized spacial score (nSPS) is 15.7. The number of rotatable bonds is 8. The van der Waals surface area contributed by atoms with E-state index in [4.69, 9.17) is 4.52 Å². The van der Waals surface area contributed by atoms with Crippen molar-refractivity contribution in [1.82, 2.24) is 14.8 Å². The quantitative estimate of drug-likeness (QED) is 0.552. The number of piperazine rings is 1. The van der Waals surface area contributed by atoms with Gasteiger partial charge in [0.15, 0.2) is 11.4 Å². The smallest absolute Gasteiger partial charge is 0.240 e. The molecule has 0 bridgehead atoms. The Morgan fingerprint density at radius 3 is 2.50 bits per heavy atom. The van der Waals surface area contributed by atoms with Gasteiger partial charge in [0, 0.05) is 32.7 Å². The van der Waals surface area contributed by atoms with Crippen molar-refractivity contribution in [2.75, 3.05) is 44.2 Å². The summed E-state index contributed by atoms with van der Waals surface area (Å²) in [5, 5.41) is 5.27. The summed E-state index contributed by atoms with van der Waals surface area (Å²) in [4.78, 5) is 4.72. The highest BCUT2D eigenvalue weighted by molar-refractivity contribution is 7.89. The Hall–Kier alpha value is -2.49. The molecule has 9 heteroatoms. The van der Waals surface area contributed by atoms with Gasteiger partial charge in [-0.1, -0.05) is 17.3 Å². The first-order valence-corrected chi connectivity index (χ1v) is 11.6. The third kappa shape index (κ3) is 4.80. The summed E-state index contributed by atoms with van der Waals surface area (Å²) >= 11 is 0. The van der Waals surface area contributed by atoms with Gasteiger partial charge in [-0.3, -0.25) is 4.90 Å². The number of sulfonamides is 1. The Labute approximate surface area is 175 Å². The van der Waals surface area contributed by atoms with Crippen LogP contribution in [-0.2, 0) is 10.0 Å². The number of para-hydroxylation sites is 1. The number of nitrogens with zero attached hydrogens (tertiary/aromatic N) is 3. The zero-order valence-electron chi connectivity index (χ0n) is 16.6. The van der Waals surface area contributed by atoms with Crippen molar-refractivity contribution in [3.8, 4) is 0 Å². The van der Waals surface area contributed by atoms with Crippen molar-refractivity contribution >= 4 is 26.8 Å². The van der Waals surface area contributed by atoms with Crippen molar-refractivity contribution in [3.63, 3.8) is 0 Å². The molecule has 1 fully saturated rings. The van der Waals surface area contributed by atoms with E-state index >= 15 is 0 Å². The maximum atomic E-state index is 12.9. The molecule has 0 amide bonds. The Morgan fingerprint density at radius 2 is 1.73 bits per heavy atom. The first-order chi connectivity index (χ1) is 14.5. The zero-order chi connectivity index (χ0) is 21.0. The summed E-state index contributed by atoms with van der Waals surface area (Å²) < 4.78 is 45.3. The summed E-state index contributed by atoms with van der Waals surface area (Å²) in [7, 11) is -3.59. The summed E-state index contributed by atoms with van der Waals surface area (Å²) in [5.74, 6) is 0.450. The molecule has 7 nitrogen and oxygen atoms in total. The fraction of sp³-hybridized carbons (Fsp3) is 0.381. The van der Waals surface area contributed by atoms with Gasteiger partial charge in [0.1, 0.15) is 5.82 Å². The van der Waals surface area contributed by atoms with E-state index in [-0.39, 0.29) is 4.90 Å². The molecule has 1 saturated heterocycles. The predicted molar refractivity (Wildman–Crippen MR) is 113 cm³/mol. The molecule has 0 saturated carbocycles. The summed E-state index contributed by atoms with van der Waals surface area (Å²) in [6, 6.07) is 12.7. The van der Waals surface area contributed by atoms with Crippen LogP contribution in [-0.4, -0.2) is 57.7 Å². The highest BCUT2D eigenvalue weighted by Crippen LogP contribution is 2.26. The van der Waals surface area contributed by atoms with Crippen LogP contribution in [0.2, 0.25) is 0 Å². The lowest BCUT2D eigenvalue weighted by molar-refractivity contribution is 0.252. The number of benzene rings is 2. The van der Waals surface area contributed by atoms with Crippen LogP contribution >= 0.6 is 0 Å². The van der Waals surface area contributed by atoms with E-state index in [1.165, 1.54) is 12.1 Å². The Morgan fingerprint density at radius 1 is 1.00 bits per heavy atom. The lowest BCUT2D eigenvalue weighted by atomic mass is 10.2. The van der Waals surface area contributed by atoms with Crippen molar-refractivity contribution in [1.29, 1.82) is 0 Å². The fourth-order valence-corrected chi connectivity index (χ4v) is 4.72. The molecule has 2 aromatic carbocycles. The predicted octanol–water partition coefficient (Wildman–Crippen LogP) is 2.85. The van der Waals surface area contributed by atoms with Crippen LogP contribution in [0.5, 0.6) is 0 Å². The average molecular weight is 433 g/mol. The Bertz CT molecular complexity index is 1080. The van der Waals surface area contributed by atoms with E-state index in [0.29, 0.717) is 6.54 Å². The van der Waals surface area contributed by atoms with Gasteiger partial charge in [-0.25, -0.2) is 17.5 Å². The molecule has 2 heterocycles. The Kier molecular flexibility index (Phi) is 6.31. The average Bonchev–Trinajstić information content (AvgIpc) is 3.18. The third-order valence-electron chi connectivity index (χ3n) is 5.35. The lowest BCUT2D eigenvalue weighted by Crippen LogP contribution is -2.46. The zero-order valence-corrected chi connectivity index (χ0v) is 17.4. The van der Waals surface area contributed by atoms with E-state index in [1.54, 1.807) is 0 Å². The summed E-state index contributed by atoms with van der Waals surface area (Å²) in [5.41, 5.74) is 0.804. The summed E-state index contributed by atoms with van der Waals surface area (Å²) in [6.45, 7) is 4.92. The van der Waals surface area contributed by atoms with E-state index < -0.39 is 15.8 Å². The number of anilines is 1. The monoisotopic (exact) mass is 432 g/mol. The minimum absolute atomic E-state index is 0.0837. The molecular weight excluding hydrogens is 407 g/mol. The van der Waals surface area contributed by atoms with Crippen LogP contribution in [0, 0.1) is 5.82 Å². The van der Waals surface area contributed by atoms with Crippen LogP contribution in [0.1, 0.15) is 12.8 Å². The molecule has 0 unspecified atom stereocenters. The van der Waals surface area contributed by atoms with Crippen molar-refractivity contribution in [3.05, 3.63) is 54.3 Å². The second kappa shape index (κ2) is 9.11. The highest BCUT2D eigenvalue weighted by atomic mass is 32.2. The standard InChI is InChI=1S/C21H25FN4O3S/c22-17-7-9-18(10-8-17)30(27,28)23-11-3-4-12-25-13-15-26(16-14-25)21-19-5-1-2-6-20(19)29-24-21/h1-2,5-10,23H,3-4,11-16H2. The van der Waals surface area contributed by atoms with Crippen molar-refractivity contribution in [2.45, 2.75) is 17.7 Å². The molecule has 1 N–H and O–H groups in total. The fourth-order valence-electron chi connectivity index (χ4n) is 3.65.